The molecule has 0 spiro atoms. The maximum absolute atomic E-state index is 12.3. The fourth-order valence-corrected chi connectivity index (χ4v) is 3.81. The van der Waals surface area contributed by atoms with Crippen LogP contribution in [0.4, 0.5) is 5.69 Å². The molecule has 0 saturated heterocycles. The molecule has 27 heavy (non-hydrogen) atoms. The lowest BCUT2D eigenvalue weighted by Crippen LogP contribution is -2.41. The van der Waals surface area contributed by atoms with Crippen molar-refractivity contribution in [3.05, 3.63) is 63.6 Å². The van der Waals surface area contributed by atoms with E-state index in [1.165, 1.54) is 0 Å². The second kappa shape index (κ2) is 9.44. The van der Waals surface area contributed by atoms with E-state index in [9.17, 15) is 13.2 Å². The second-order valence-electron chi connectivity index (χ2n) is 6.23. The van der Waals surface area contributed by atoms with Gasteiger partial charge in [0.25, 0.3) is 0 Å². The number of hydrogen-bond donors (Lipinski definition) is 1. The minimum atomic E-state index is -3.63. The Morgan fingerprint density at radius 1 is 1.11 bits per heavy atom. The first-order valence-corrected chi connectivity index (χ1v) is 11.0. The average molecular weight is 429 g/mol. The van der Waals surface area contributed by atoms with Crippen molar-refractivity contribution < 1.29 is 13.2 Å². The first-order chi connectivity index (χ1) is 12.7. The van der Waals surface area contributed by atoms with E-state index in [1.54, 1.807) is 25.1 Å². The zero-order valence-corrected chi connectivity index (χ0v) is 17.5. The number of anilines is 1. The molecule has 0 aliphatic heterocycles. The Morgan fingerprint density at radius 3 is 2.41 bits per heavy atom. The summed E-state index contributed by atoms with van der Waals surface area (Å²) in [6.45, 7) is 1.88. The van der Waals surface area contributed by atoms with Gasteiger partial charge in [0.1, 0.15) is 6.54 Å². The largest absolute Gasteiger partial charge is 0.355 e. The number of nitrogens with one attached hydrogen (secondary N) is 1. The molecule has 8 heteroatoms. The topological polar surface area (TPSA) is 66.5 Å². The number of carbonyl (C=O) groups is 1. The van der Waals surface area contributed by atoms with Crippen molar-refractivity contribution in [1.29, 1.82) is 0 Å². The molecule has 0 aliphatic carbocycles. The van der Waals surface area contributed by atoms with Gasteiger partial charge in [0, 0.05) is 16.6 Å². The van der Waals surface area contributed by atoms with Crippen molar-refractivity contribution in [2.24, 2.45) is 0 Å². The lowest BCUT2D eigenvalue weighted by Gasteiger charge is -2.24. The maximum atomic E-state index is 12.3. The molecule has 0 aromatic heterocycles. The van der Waals surface area contributed by atoms with Crippen LogP contribution < -0.4 is 9.62 Å². The molecule has 0 fully saturated rings. The summed E-state index contributed by atoms with van der Waals surface area (Å²) in [6.07, 6.45) is 2.60. The Hall–Kier alpha value is -1.76. The highest BCUT2D eigenvalue weighted by molar-refractivity contribution is 7.92. The summed E-state index contributed by atoms with van der Waals surface area (Å²) in [7, 11) is -3.63. The zero-order chi connectivity index (χ0) is 20.0. The van der Waals surface area contributed by atoms with Gasteiger partial charge in [-0.2, -0.15) is 0 Å². The molecular weight excluding hydrogens is 407 g/mol. The number of nitrogens with zero attached hydrogens (tertiary/aromatic N) is 1. The van der Waals surface area contributed by atoms with Gasteiger partial charge in [0.05, 0.1) is 11.9 Å². The second-order valence-corrected chi connectivity index (χ2v) is 8.98. The lowest BCUT2D eigenvalue weighted by atomic mass is 10.1. The van der Waals surface area contributed by atoms with Crippen LogP contribution in [0.5, 0.6) is 0 Å². The standard InChI is InChI=1S/C19H22Cl2N2O3S/c1-14-17(21)6-3-7-18(14)23(27(2,25)26)13-19(24)22-12-4-5-15-8-10-16(20)11-9-15/h3,6-11H,4-5,12-13H2,1-2H3,(H,22,24). The van der Waals surface area contributed by atoms with Crippen molar-refractivity contribution >= 4 is 44.8 Å². The minimum Gasteiger partial charge on any atom is -0.355 e. The van der Waals surface area contributed by atoms with Crippen LogP contribution in [0.2, 0.25) is 10.0 Å². The third-order valence-electron chi connectivity index (χ3n) is 4.07. The van der Waals surface area contributed by atoms with E-state index in [4.69, 9.17) is 23.2 Å². The summed E-state index contributed by atoms with van der Waals surface area (Å²) in [6, 6.07) is 12.5. The van der Waals surface area contributed by atoms with E-state index < -0.39 is 10.0 Å². The number of rotatable bonds is 8. The third kappa shape index (κ3) is 6.41. The molecule has 1 amide bonds. The number of sulfonamides is 1. The maximum Gasteiger partial charge on any atom is 0.240 e. The van der Waals surface area contributed by atoms with Gasteiger partial charge in [-0.25, -0.2) is 8.42 Å². The fraction of sp³-hybridized carbons (Fsp3) is 0.316. The normalized spacial score (nSPS) is 11.3. The summed E-state index contributed by atoms with van der Waals surface area (Å²) >= 11 is 11.9. The Balaban J connectivity index is 1.94. The van der Waals surface area contributed by atoms with Gasteiger partial charge >= 0.3 is 0 Å². The van der Waals surface area contributed by atoms with E-state index in [0.29, 0.717) is 27.8 Å². The highest BCUT2D eigenvalue weighted by atomic mass is 35.5. The molecule has 2 aromatic carbocycles. The quantitative estimate of drug-likeness (QED) is 0.649. The predicted octanol–water partition coefficient (Wildman–Crippen LogP) is 3.82. The molecule has 0 heterocycles. The Kier molecular flexibility index (Phi) is 7.53. The fourth-order valence-electron chi connectivity index (χ4n) is 2.61. The van der Waals surface area contributed by atoms with E-state index in [0.717, 1.165) is 29.0 Å². The van der Waals surface area contributed by atoms with Crippen LogP contribution in [-0.4, -0.2) is 33.7 Å². The lowest BCUT2D eigenvalue weighted by molar-refractivity contribution is -0.119. The molecule has 2 rings (SSSR count). The zero-order valence-electron chi connectivity index (χ0n) is 15.2. The molecule has 2 aromatic rings. The van der Waals surface area contributed by atoms with Crippen LogP contribution in [0.25, 0.3) is 0 Å². The van der Waals surface area contributed by atoms with Crippen LogP contribution in [0.3, 0.4) is 0 Å². The number of benzene rings is 2. The molecular formula is C19H22Cl2N2O3S. The Labute approximate surface area is 170 Å². The molecule has 0 radical (unpaired) electrons. The molecule has 0 bridgehead atoms. The number of halogens is 2. The molecule has 146 valence electrons. The third-order valence-corrected chi connectivity index (χ3v) is 5.86. The van der Waals surface area contributed by atoms with Crippen LogP contribution in [0.1, 0.15) is 17.5 Å². The van der Waals surface area contributed by atoms with Crippen molar-refractivity contribution in [3.63, 3.8) is 0 Å². The first kappa shape index (κ1) is 21.5. The highest BCUT2D eigenvalue weighted by Gasteiger charge is 2.22. The number of aryl methyl sites for hydroxylation is 1. The SMILES string of the molecule is Cc1c(Cl)cccc1N(CC(=O)NCCCc1ccc(Cl)cc1)S(C)(=O)=O. The van der Waals surface area contributed by atoms with Crippen LogP contribution in [0, 0.1) is 6.92 Å². The molecule has 0 saturated carbocycles. The molecule has 0 atom stereocenters. The van der Waals surface area contributed by atoms with Gasteiger partial charge in [-0.3, -0.25) is 9.10 Å². The van der Waals surface area contributed by atoms with Crippen molar-refractivity contribution in [2.45, 2.75) is 19.8 Å². The van der Waals surface area contributed by atoms with Gasteiger partial charge in [-0.05, 0) is 55.2 Å². The highest BCUT2D eigenvalue weighted by Crippen LogP contribution is 2.27. The van der Waals surface area contributed by atoms with Crippen molar-refractivity contribution in [1.82, 2.24) is 5.32 Å². The molecule has 0 aliphatic rings. The van der Waals surface area contributed by atoms with Gasteiger partial charge in [-0.1, -0.05) is 41.4 Å². The van der Waals surface area contributed by atoms with Gasteiger partial charge in [-0.15, -0.1) is 0 Å². The summed E-state index contributed by atoms with van der Waals surface area (Å²) < 4.78 is 25.4. The summed E-state index contributed by atoms with van der Waals surface area (Å²) in [5.41, 5.74) is 2.14. The van der Waals surface area contributed by atoms with E-state index in [-0.39, 0.29) is 12.5 Å². The summed E-state index contributed by atoms with van der Waals surface area (Å²) in [5, 5.41) is 3.90. The Morgan fingerprint density at radius 2 is 1.78 bits per heavy atom. The monoisotopic (exact) mass is 428 g/mol. The van der Waals surface area contributed by atoms with Crippen molar-refractivity contribution in [2.75, 3.05) is 23.7 Å². The summed E-state index contributed by atoms with van der Waals surface area (Å²) in [4.78, 5) is 12.3. The van der Waals surface area contributed by atoms with E-state index >= 15 is 0 Å². The predicted molar refractivity (Wildman–Crippen MR) is 111 cm³/mol. The molecule has 5 nitrogen and oxygen atoms in total. The van der Waals surface area contributed by atoms with E-state index in [2.05, 4.69) is 5.32 Å². The smallest absolute Gasteiger partial charge is 0.240 e. The van der Waals surface area contributed by atoms with Crippen LogP contribution in [0.15, 0.2) is 42.5 Å². The average Bonchev–Trinajstić information content (AvgIpc) is 2.60. The molecule has 1 N–H and O–H groups in total. The minimum absolute atomic E-state index is 0.291. The van der Waals surface area contributed by atoms with E-state index in [1.807, 2.05) is 24.3 Å². The van der Waals surface area contributed by atoms with Gasteiger partial charge < -0.3 is 5.32 Å². The Bertz CT molecular complexity index is 900. The number of carbonyl (C=O) groups excluding carboxylic acids is 1. The van der Waals surface area contributed by atoms with Crippen LogP contribution >= 0.6 is 23.2 Å². The van der Waals surface area contributed by atoms with Gasteiger partial charge in [0.2, 0.25) is 15.9 Å². The first-order valence-electron chi connectivity index (χ1n) is 8.42. The number of amides is 1. The van der Waals surface area contributed by atoms with Crippen molar-refractivity contribution in [3.8, 4) is 0 Å². The van der Waals surface area contributed by atoms with Gasteiger partial charge in [0.15, 0.2) is 0 Å². The number of hydrogen-bond acceptors (Lipinski definition) is 3. The molecule has 0 unspecified atom stereocenters. The van der Waals surface area contributed by atoms with Crippen LogP contribution in [-0.2, 0) is 21.2 Å². The summed E-state index contributed by atoms with van der Waals surface area (Å²) in [5.74, 6) is -0.365.